The van der Waals surface area contributed by atoms with Crippen LogP contribution >= 0.6 is 0 Å². The average molecular weight is 795 g/mol. The second kappa shape index (κ2) is 15.6. The zero-order valence-electron chi connectivity index (χ0n) is 32.9. The lowest BCUT2D eigenvalue weighted by molar-refractivity contribution is -0.120. The van der Waals surface area contributed by atoms with Gasteiger partial charge in [-0.05, 0) is 105 Å². The lowest BCUT2D eigenvalue weighted by Crippen LogP contribution is -2.49. The quantitative estimate of drug-likeness (QED) is 0.208. The van der Waals surface area contributed by atoms with Gasteiger partial charge in [0.15, 0.2) is 5.82 Å². The van der Waals surface area contributed by atoms with Crippen LogP contribution in [0.4, 0.5) is 16.6 Å². The number of aryl methyl sites for hydroxylation is 3. The van der Waals surface area contributed by atoms with Gasteiger partial charge in [-0.2, -0.15) is 14.4 Å². The van der Waals surface area contributed by atoms with Crippen molar-refractivity contribution in [2.75, 3.05) is 49.5 Å². The third-order valence-electron chi connectivity index (χ3n) is 11.8. The number of rotatable bonds is 10. The molecule has 2 aromatic carbocycles. The van der Waals surface area contributed by atoms with Crippen molar-refractivity contribution in [2.24, 2.45) is 20.0 Å². The molecule has 0 bridgehead atoms. The van der Waals surface area contributed by atoms with E-state index >= 15 is 0 Å². The van der Waals surface area contributed by atoms with Gasteiger partial charge in [0.05, 0.1) is 10.4 Å². The highest BCUT2D eigenvalue weighted by atomic mass is 32.2. The maximum Gasteiger partial charge on any atom is 0.329 e. The fourth-order valence-electron chi connectivity index (χ4n) is 8.71. The zero-order chi connectivity index (χ0) is 40.0. The molecule has 5 aromatic rings. The normalized spacial score (nSPS) is 18.7. The number of piperidine rings is 2. The SMILES string of the molecule is Cc1cc2cnc(NC3CCN(S(=O)(=O)c4cccc(CC(C)CN5CCC(c6ccc7c(N8CCC(=O)NC8=O)nn(C)c7c6)CC5)c4)CC3)nc2n(C)c1=O. The van der Waals surface area contributed by atoms with Gasteiger partial charge in [-0.1, -0.05) is 25.1 Å². The van der Waals surface area contributed by atoms with Gasteiger partial charge in [0, 0.05) is 75.3 Å². The van der Waals surface area contributed by atoms with E-state index in [1.807, 2.05) is 29.9 Å². The maximum absolute atomic E-state index is 13.8. The number of likely N-dealkylation sites (tertiary alicyclic amines) is 1. The molecule has 3 amide bonds. The summed E-state index contributed by atoms with van der Waals surface area (Å²) in [7, 11) is -0.0695. The van der Waals surface area contributed by atoms with Crippen LogP contribution in [0.3, 0.4) is 0 Å². The van der Waals surface area contributed by atoms with Crippen molar-refractivity contribution in [1.82, 2.24) is 38.8 Å². The molecule has 0 spiro atoms. The van der Waals surface area contributed by atoms with Crippen molar-refractivity contribution < 1.29 is 18.0 Å². The molecule has 3 aromatic heterocycles. The van der Waals surface area contributed by atoms with E-state index in [4.69, 9.17) is 0 Å². The third kappa shape index (κ3) is 7.90. The summed E-state index contributed by atoms with van der Waals surface area (Å²) >= 11 is 0. The zero-order valence-corrected chi connectivity index (χ0v) is 33.8. The number of urea groups is 1. The second-order valence-electron chi connectivity index (χ2n) is 16.0. The first-order valence-corrected chi connectivity index (χ1v) is 21.3. The van der Waals surface area contributed by atoms with Crippen LogP contribution in [-0.4, -0.2) is 99.2 Å². The van der Waals surface area contributed by atoms with Crippen molar-refractivity contribution in [1.29, 1.82) is 0 Å². The highest BCUT2D eigenvalue weighted by Crippen LogP contribution is 2.34. The number of amides is 3. The number of aromatic nitrogens is 5. The van der Waals surface area contributed by atoms with Crippen LogP contribution < -0.4 is 21.1 Å². The largest absolute Gasteiger partial charge is 0.351 e. The van der Waals surface area contributed by atoms with E-state index in [2.05, 4.69) is 55.7 Å². The molecule has 15 nitrogen and oxygen atoms in total. The monoisotopic (exact) mass is 794 g/mol. The van der Waals surface area contributed by atoms with Crippen molar-refractivity contribution >= 4 is 55.7 Å². The minimum atomic E-state index is -3.66. The van der Waals surface area contributed by atoms with E-state index < -0.39 is 16.1 Å². The predicted molar refractivity (Wildman–Crippen MR) is 219 cm³/mol. The topological polar surface area (TPSA) is 168 Å². The van der Waals surface area contributed by atoms with Crippen molar-refractivity contribution in [3.05, 3.63) is 81.8 Å². The van der Waals surface area contributed by atoms with Gasteiger partial charge < -0.3 is 10.2 Å². The van der Waals surface area contributed by atoms with Gasteiger partial charge in [0.2, 0.25) is 21.9 Å². The molecular formula is C41H50N10O5S. The lowest BCUT2D eigenvalue weighted by Gasteiger charge is -2.34. The lowest BCUT2D eigenvalue weighted by atomic mass is 9.88. The number of hydrogen-bond acceptors (Lipinski definition) is 10. The third-order valence-corrected chi connectivity index (χ3v) is 13.7. The Morgan fingerprint density at radius 3 is 2.47 bits per heavy atom. The van der Waals surface area contributed by atoms with E-state index in [1.165, 1.54) is 10.1 Å². The number of carbonyl (C=O) groups is 2. The van der Waals surface area contributed by atoms with Gasteiger partial charge in [-0.25, -0.2) is 18.2 Å². The van der Waals surface area contributed by atoms with Crippen LogP contribution in [-0.2, 0) is 35.3 Å². The van der Waals surface area contributed by atoms with Crippen LogP contribution in [0.25, 0.3) is 21.9 Å². The maximum atomic E-state index is 13.8. The molecule has 3 saturated heterocycles. The Balaban J connectivity index is 0.829. The molecule has 0 saturated carbocycles. The van der Waals surface area contributed by atoms with Gasteiger partial charge >= 0.3 is 6.03 Å². The molecule has 57 heavy (non-hydrogen) atoms. The minimum absolute atomic E-state index is 0.0109. The van der Waals surface area contributed by atoms with Crippen LogP contribution in [0.5, 0.6) is 0 Å². The molecule has 2 N–H and O–H groups in total. The number of nitrogens with one attached hydrogen (secondary N) is 2. The standard InChI is InChI=1S/C41H50N10O5S/c1-26(25-49-15-10-29(11-16-49)30-8-9-34-35(23-30)48(4)46-38(34)51-19-14-36(52)44-41(51)54)20-28-6-5-7-33(22-28)57(55,56)50-17-12-32(13-18-50)43-40-42-24-31-21-27(2)39(53)47(3)37(31)45-40/h5-9,21-24,26,29,32H,10-20,25H2,1-4H3,(H,42,43,45)(H,44,52,54). The number of carbonyl (C=O) groups excluding carboxylic acids is 2. The molecule has 3 fully saturated rings. The number of benzene rings is 2. The molecule has 1 atom stereocenters. The Hall–Kier alpha value is -5.19. The van der Waals surface area contributed by atoms with Crippen LogP contribution in [0.1, 0.15) is 61.6 Å². The first-order valence-electron chi connectivity index (χ1n) is 19.8. The summed E-state index contributed by atoms with van der Waals surface area (Å²) in [5, 5.41) is 12.1. The molecular weight excluding hydrogens is 745 g/mol. The Labute approximate surface area is 332 Å². The summed E-state index contributed by atoms with van der Waals surface area (Å²) in [6.45, 7) is 8.00. The Bertz CT molecular complexity index is 2520. The minimum Gasteiger partial charge on any atom is -0.351 e. The molecule has 0 aliphatic carbocycles. The van der Waals surface area contributed by atoms with Crippen molar-refractivity contribution in [3.8, 4) is 0 Å². The molecule has 300 valence electrons. The molecule has 1 unspecified atom stereocenters. The number of fused-ring (bicyclic) bond motifs is 2. The van der Waals surface area contributed by atoms with E-state index in [9.17, 15) is 22.8 Å². The molecule has 16 heteroatoms. The van der Waals surface area contributed by atoms with Gasteiger partial charge in [-0.15, -0.1) is 0 Å². The first-order chi connectivity index (χ1) is 27.3. The fourth-order valence-corrected chi connectivity index (χ4v) is 10.3. The molecule has 3 aliphatic rings. The van der Waals surface area contributed by atoms with Gasteiger partial charge in [0.25, 0.3) is 5.56 Å². The van der Waals surface area contributed by atoms with Crippen LogP contribution in [0.2, 0.25) is 0 Å². The van der Waals surface area contributed by atoms with Gasteiger partial charge in [0.1, 0.15) is 5.65 Å². The van der Waals surface area contributed by atoms with E-state index in [0.29, 0.717) is 72.2 Å². The number of hydrogen-bond donors (Lipinski definition) is 2. The number of sulfonamides is 1. The molecule has 3 aliphatic heterocycles. The molecule has 8 rings (SSSR count). The number of nitrogens with zero attached hydrogens (tertiary/aromatic N) is 8. The van der Waals surface area contributed by atoms with Gasteiger partial charge in [-0.3, -0.25) is 29.1 Å². The summed E-state index contributed by atoms with van der Waals surface area (Å²) < 4.78 is 32.5. The van der Waals surface area contributed by atoms with E-state index in [1.54, 1.807) is 41.5 Å². The fraction of sp³-hybridized carbons (Fsp3) is 0.463. The summed E-state index contributed by atoms with van der Waals surface area (Å²) in [6, 6.07) is 15.2. The smallest absolute Gasteiger partial charge is 0.329 e. The number of anilines is 2. The average Bonchev–Trinajstić information content (AvgIpc) is 3.52. The summed E-state index contributed by atoms with van der Waals surface area (Å²) in [5.74, 6) is 1.50. The Kier molecular flexibility index (Phi) is 10.6. The number of imide groups is 1. The van der Waals surface area contributed by atoms with E-state index in [-0.39, 0.29) is 23.9 Å². The molecule has 0 radical (unpaired) electrons. The summed E-state index contributed by atoms with van der Waals surface area (Å²) in [4.78, 5) is 50.0. The van der Waals surface area contributed by atoms with Crippen LogP contribution in [0.15, 0.2) is 64.4 Å². The van der Waals surface area contributed by atoms with Crippen LogP contribution in [0, 0.1) is 12.8 Å². The summed E-state index contributed by atoms with van der Waals surface area (Å²) in [5.41, 5.74) is 4.35. The molecule has 6 heterocycles. The Morgan fingerprint density at radius 1 is 0.947 bits per heavy atom. The van der Waals surface area contributed by atoms with Crippen molar-refractivity contribution in [3.63, 3.8) is 0 Å². The second-order valence-corrected chi connectivity index (χ2v) is 17.9. The summed E-state index contributed by atoms with van der Waals surface area (Å²) in [6.07, 6.45) is 6.05. The number of pyridine rings is 1. The highest BCUT2D eigenvalue weighted by molar-refractivity contribution is 7.89. The van der Waals surface area contributed by atoms with Crippen molar-refractivity contribution in [2.45, 2.75) is 69.2 Å². The Morgan fingerprint density at radius 2 is 1.72 bits per heavy atom. The predicted octanol–water partition coefficient (Wildman–Crippen LogP) is 4.29. The highest BCUT2D eigenvalue weighted by Gasteiger charge is 2.31. The first kappa shape index (κ1) is 38.7. The van der Waals surface area contributed by atoms with E-state index in [0.717, 1.165) is 60.7 Å².